The van der Waals surface area contributed by atoms with Gasteiger partial charge in [0.25, 0.3) is 5.91 Å². The number of hydrogen-bond donors (Lipinski definition) is 1. The summed E-state index contributed by atoms with van der Waals surface area (Å²) < 4.78 is 22.0. The molecule has 190 valence electrons. The Kier molecular flexibility index (Phi) is 7.88. The van der Waals surface area contributed by atoms with E-state index in [0.717, 1.165) is 16.8 Å². The van der Waals surface area contributed by atoms with E-state index in [4.69, 9.17) is 18.7 Å². The molecule has 0 saturated carbocycles. The van der Waals surface area contributed by atoms with Crippen molar-refractivity contribution in [3.8, 4) is 11.5 Å². The van der Waals surface area contributed by atoms with Crippen molar-refractivity contribution in [1.82, 2.24) is 5.16 Å². The van der Waals surface area contributed by atoms with Crippen LogP contribution in [0, 0.1) is 20.8 Å². The molecule has 0 aliphatic heterocycles. The zero-order valence-electron chi connectivity index (χ0n) is 21.1. The molecule has 1 heterocycles. The molecule has 1 unspecified atom stereocenters. The number of nitrogens with zero attached hydrogens (tertiary/aromatic N) is 1. The fraction of sp³-hybridized carbons (Fsp3) is 0.207. The van der Waals surface area contributed by atoms with Gasteiger partial charge in [0.1, 0.15) is 23.9 Å². The first kappa shape index (κ1) is 25.5. The lowest BCUT2D eigenvalue weighted by Gasteiger charge is -2.19. The molecule has 0 bridgehead atoms. The number of aromatic nitrogens is 1. The molecule has 3 aromatic carbocycles. The van der Waals surface area contributed by atoms with Crippen molar-refractivity contribution in [2.45, 2.75) is 33.5 Å². The van der Waals surface area contributed by atoms with Crippen LogP contribution < -0.4 is 14.8 Å². The monoisotopic (exact) mass is 500 g/mol. The Morgan fingerprint density at radius 3 is 2.35 bits per heavy atom. The molecular weight excluding hydrogens is 472 g/mol. The van der Waals surface area contributed by atoms with Crippen LogP contribution >= 0.6 is 0 Å². The molecule has 1 aromatic heterocycles. The number of ether oxygens (including phenoxy) is 3. The molecule has 0 aliphatic rings. The van der Waals surface area contributed by atoms with E-state index >= 15 is 0 Å². The number of methoxy groups -OCH3 is 1. The lowest BCUT2D eigenvalue weighted by Crippen LogP contribution is -2.26. The summed E-state index contributed by atoms with van der Waals surface area (Å²) in [6.07, 6.45) is -1.17. The standard InChI is InChI=1S/C29H28N2O6/c1-18-10-15-26(34-4)25(16-18)30-28(32)27(21-8-6-5-7-9-21)36-29(33)22-11-13-23(14-12-22)35-17-24-19(2)31-37-20(24)3/h5-16,27H,17H2,1-4H3,(H,30,32). The fourth-order valence-corrected chi connectivity index (χ4v) is 3.74. The van der Waals surface area contributed by atoms with Crippen molar-refractivity contribution >= 4 is 17.6 Å². The number of anilines is 1. The maximum absolute atomic E-state index is 13.3. The molecule has 4 aromatic rings. The van der Waals surface area contributed by atoms with Crippen LogP contribution in [0.1, 0.15) is 44.6 Å². The van der Waals surface area contributed by atoms with E-state index in [2.05, 4.69) is 10.5 Å². The van der Waals surface area contributed by atoms with Crippen molar-refractivity contribution < 1.29 is 28.3 Å². The molecule has 37 heavy (non-hydrogen) atoms. The van der Waals surface area contributed by atoms with Crippen molar-refractivity contribution in [2.24, 2.45) is 0 Å². The highest BCUT2D eigenvalue weighted by molar-refractivity contribution is 5.99. The van der Waals surface area contributed by atoms with Crippen LogP contribution in [0.2, 0.25) is 0 Å². The van der Waals surface area contributed by atoms with Gasteiger partial charge in [-0.1, -0.05) is 41.6 Å². The lowest BCUT2D eigenvalue weighted by molar-refractivity contribution is -0.125. The zero-order chi connectivity index (χ0) is 26.4. The molecule has 4 rings (SSSR count). The average molecular weight is 501 g/mol. The molecule has 1 atom stereocenters. The molecule has 0 spiro atoms. The third-order valence-electron chi connectivity index (χ3n) is 5.83. The minimum Gasteiger partial charge on any atom is -0.495 e. The van der Waals surface area contributed by atoms with Gasteiger partial charge in [0.05, 0.1) is 29.6 Å². The second-order valence-corrected chi connectivity index (χ2v) is 8.50. The normalized spacial score (nSPS) is 11.5. The van der Waals surface area contributed by atoms with Crippen molar-refractivity contribution in [3.63, 3.8) is 0 Å². The quantitative estimate of drug-likeness (QED) is 0.293. The Morgan fingerprint density at radius 1 is 0.973 bits per heavy atom. The highest BCUT2D eigenvalue weighted by atomic mass is 16.5. The molecule has 1 amide bonds. The van der Waals surface area contributed by atoms with Gasteiger partial charge >= 0.3 is 5.97 Å². The van der Waals surface area contributed by atoms with E-state index < -0.39 is 18.0 Å². The summed E-state index contributed by atoms with van der Waals surface area (Å²) in [4.78, 5) is 26.3. The summed E-state index contributed by atoms with van der Waals surface area (Å²) in [6.45, 7) is 5.88. The van der Waals surface area contributed by atoms with Crippen LogP contribution in [0.25, 0.3) is 0 Å². The number of rotatable bonds is 9. The van der Waals surface area contributed by atoms with Gasteiger partial charge in [-0.05, 0) is 62.7 Å². The Morgan fingerprint density at radius 2 is 1.70 bits per heavy atom. The Balaban J connectivity index is 1.48. The molecule has 1 N–H and O–H groups in total. The Hall–Kier alpha value is -4.59. The molecule has 0 aliphatic carbocycles. The van der Waals surface area contributed by atoms with E-state index in [1.807, 2.05) is 32.9 Å². The van der Waals surface area contributed by atoms with Crippen LogP contribution in [-0.2, 0) is 16.1 Å². The number of amides is 1. The molecular formula is C29H28N2O6. The molecule has 0 fully saturated rings. The van der Waals surface area contributed by atoms with Crippen LogP contribution in [0.4, 0.5) is 5.69 Å². The largest absolute Gasteiger partial charge is 0.495 e. The van der Waals surface area contributed by atoms with Gasteiger partial charge in [-0.2, -0.15) is 0 Å². The van der Waals surface area contributed by atoms with Gasteiger partial charge in [-0.15, -0.1) is 0 Å². The van der Waals surface area contributed by atoms with Crippen molar-refractivity contribution in [3.05, 3.63) is 107 Å². The fourth-order valence-electron chi connectivity index (χ4n) is 3.74. The summed E-state index contributed by atoms with van der Waals surface area (Å²) in [5.74, 6) is 0.635. The highest BCUT2D eigenvalue weighted by Gasteiger charge is 2.26. The molecule has 0 saturated heterocycles. The van der Waals surface area contributed by atoms with E-state index in [1.165, 1.54) is 7.11 Å². The van der Waals surface area contributed by atoms with Crippen LogP contribution in [0.15, 0.2) is 77.3 Å². The second-order valence-electron chi connectivity index (χ2n) is 8.50. The Bertz CT molecular complexity index is 1360. The lowest BCUT2D eigenvalue weighted by atomic mass is 10.1. The second kappa shape index (κ2) is 11.4. The number of carbonyl (C=O) groups excluding carboxylic acids is 2. The van der Waals surface area contributed by atoms with Gasteiger partial charge in [0.2, 0.25) is 6.10 Å². The molecule has 8 nitrogen and oxygen atoms in total. The van der Waals surface area contributed by atoms with Gasteiger partial charge in [0.15, 0.2) is 0 Å². The van der Waals surface area contributed by atoms with Crippen molar-refractivity contribution in [1.29, 1.82) is 0 Å². The summed E-state index contributed by atoms with van der Waals surface area (Å²) in [5, 5.41) is 6.75. The van der Waals surface area contributed by atoms with Crippen LogP contribution in [0.5, 0.6) is 11.5 Å². The van der Waals surface area contributed by atoms with Gasteiger partial charge in [0, 0.05) is 5.56 Å². The predicted molar refractivity (Wildman–Crippen MR) is 138 cm³/mol. The smallest absolute Gasteiger partial charge is 0.339 e. The Labute approximate surface area is 215 Å². The third-order valence-corrected chi connectivity index (χ3v) is 5.83. The number of hydrogen-bond acceptors (Lipinski definition) is 7. The summed E-state index contributed by atoms with van der Waals surface area (Å²) in [5.41, 5.74) is 3.91. The van der Waals surface area contributed by atoms with Crippen LogP contribution in [-0.4, -0.2) is 24.1 Å². The summed E-state index contributed by atoms with van der Waals surface area (Å²) >= 11 is 0. The minimum absolute atomic E-state index is 0.284. The number of aryl methyl sites for hydroxylation is 3. The maximum atomic E-state index is 13.3. The summed E-state index contributed by atoms with van der Waals surface area (Å²) in [6, 6.07) is 20.8. The van der Waals surface area contributed by atoms with Crippen LogP contribution in [0.3, 0.4) is 0 Å². The number of benzene rings is 3. The van der Waals surface area contributed by atoms with E-state index in [0.29, 0.717) is 35.1 Å². The number of nitrogens with one attached hydrogen (secondary N) is 1. The molecule has 0 radical (unpaired) electrons. The van der Waals surface area contributed by atoms with Gasteiger partial charge in [-0.3, -0.25) is 4.79 Å². The van der Waals surface area contributed by atoms with E-state index in [1.54, 1.807) is 60.7 Å². The summed E-state index contributed by atoms with van der Waals surface area (Å²) in [7, 11) is 1.52. The van der Waals surface area contributed by atoms with Gasteiger partial charge < -0.3 is 24.1 Å². The average Bonchev–Trinajstić information content (AvgIpc) is 3.23. The molecule has 8 heteroatoms. The zero-order valence-corrected chi connectivity index (χ0v) is 21.1. The van der Waals surface area contributed by atoms with E-state index in [-0.39, 0.29) is 5.56 Å². The first-order valence-corrected chi connectivity index (χ1v) is 11.7. The van der Waals surface area contributed by atoms with Gasteiger partial charge in [-0.25, -0.2) is 4.79 Å². The maximum Gasteiger partial charge on any atom is 0.339 e. The number of esters is 1. The van der Waals surface area contributed by atoms with Crippen molar-refractivity contribution in [2.75, 3.05) is 12.4 Å². The first-order valence-electron chi connectivity index (χ1n) is 11.7. The topological polar surface area (TPSA) is 99.9 Å². The van der Waals surface area contributed by atoms with E-state index in [9.17, 15) is 9.59 Å². The number of carbonyl (C=O) groups is 2. The highest BCUT2D eigenvalue weighted by Crippen LogP contribution is 2.28. The first-order chi connectivity index (χ1) is 17.9. The predicted octanol–water partition coefficient (Wildman–Crippen LogP) is 5.72. The third kappa shape index (κ3) is 6.16. The SMILES string of the molecule is COc1ccc(C)cc1NC(=O)C(OC(=O)c1ccc(OCc2c(C)noc2C)cc1)c1ccccc1. The minimum atomic E-state index is -1.17.